The van der Waals surface area contributed by atoms with E-state index in [0.29, 0.717) is 11.6 Å². The summed E-state index contributed by atoms with van der Waals surface area (Å²) in [6.45, 7) is 2.30. The third-order valence-corrected chi connectivity index (χ3v) is 3.79. The molecular weight excluding hydrogens is 264 g/mol. The molecule has 0 saturated carbocycles. The van der Waals surface area contributed by atoms with Gasteiger partial charge in [0.15, 0.2) is 0 Å². The van der Waals surface area contributed by atoms with Crippen LogP contribution in [0.15, 0.2) is 24.3 Å². The molecule has 104 valence electrons. The molecule has 1 atom stereocenters. The van der Waals surface area contributed by atoms with Crippen molar-refractivity contribution >= 4 is 17.5 Å². The molecule has 0 spiro atoms. The largest absolute Gasteiger partial charge is 0.367 e. The Bertz CT molecular complexity index is 433. The molecule has 1 amide bonds. The van der Waals surface area contributed by atoms with E-state index in [1.807, 2.05) is 31.3 Å². The molecule has 0 aromatic heterocycles. The predicted molar refractivity (Wildman–Crippen MR) is 75.2 cm³/mol. The number of carbonyl (C=O) groups excluding carboxylic acids is 1. The lowest BCUT2D eigenvalue weighted by atomic mass is 10.2. The molecule has 1 aromatic rings. The molecule has 1 aliphatic heterocycles. The van der Waals surface area contributed by atoms with Gasteiger partial charge in [-0.25, -0.2) is 0 Å². The third-order valence-electron chi connectivity index (χ3n) is 3.42. The average molecular weight is 283 g/mol. The molecule has 1 aromatic carbocycles. The molecule has 0 aliphatic carbocycles. The van der Waals surface area contributed by atoms with E-state index in [0.717, 1.165) is 25.1 Å². The summed E-state index contributed by atoms with van der Waals surface area (Å²) in [6, 6.07) is 7.78. The minimum Gasteiger partial charge on any atom is -0.367 e. The molecule has 1 saturated heterocycles. The molecule has 1 heterocycles. The monoisotopic (exact) mass is 282 g/mol. The first-order valence-electron chi connectivity index (χ1n) is 6.46. The number of hydrogen-bond acceptors (Lipinski definition) is 3. The second kappa shape index (κ2) is 6.89. The van der Waals surface area contributed by atoms with Gasteiger partial charge >= 0.3 is 0 Å². The van der Waals surface area contributed by atoms with Crippen LogP contribution in [-0.2, 0) is 16.1 Å². The summed E-state index contributed by atoms with van der Waals surface area (Å²) in [4.78, 5) is 13.7. The highest BCUT2D eigenvalue weighted by molar-refractivity contribution is 6.31. The number of halogens is 1. The average Bonchev–Trinajstić information content (AvgIpc) is 2.94. The zero-order valence-electron chi connectivity index (χ0n) is 11.1. The van der Waals surface area contributed by atoms with Crippen LogP contribution in [0, 0.1) is 0 Å². The van der Waals surface area contributed by atoms with Crippen molar-refractivity contribution < 1.29 is 9.53 Å². The fraction of sp³-hybridized carbons (Fsp3) is 0.500. The highest BCUT2D eigenvalue weighted by atomic mass is 35.5. The van der Waals surface area contributed by atoms with Gasteiger partial charge in [-0.15, -0.1) is 0 Å². The molecule has 1 N–H and O–H groups in total. The van der Waals surface area contributed by atoms with E-state index in [9.17, 15) is 4.79 Å². The van der Waals surface area contributed by atoms with Crippen LogP contribution < -0.4 is 5.32 Å². The van der Waals surface area contributed by atoms with Crippen LogP contribution in [0.25, 0.3) is 0 Å². The van der Waals surface area contributed by atoms with Gasteiger partial charge in [-0.05, 0) is 24.6 Å². The van der Waals surface area contributed by atoms with Crippen LogP contribution in [0.5, 0.6) is 0 Å². The van der Waals surface area contributed by atoms with E-state index < -0.39 is 0 Å². The number of ether oxygens (including phenoxy) is 1. The number of hydrogen-bond donors (Lipinski definition) is 1. The molecule has 1 fully saturated rings. The van der Waals surface area contributed by atoms with E-state index in [2.05, 4.69) is 5.32 Å². The van der Waals surface area contributed by atoms with Crippen molar-refractivity contribution in [3.63, 3.8) is 0 Å². The lowest BCUT2D eigenvalue weighted by Crippen LogP contribution is -2.40. The second-order valence-electron chi connectivity index (χ2n) is 4.74. The molecule has 19 heavy (non-hydrogen) atoms. The van der Waals surface area contributed by atoms with Crippen LogP contribution in [0.3, 0.4) is 0 Å². The number of amides is 1. The summed E-state index contributed by atoms with van der Waals surface area (Å²) < 4.78 is 5.45. The van der Waals surface area contributed by atoms with Crippen molar-refractivity contribution in [1.82, 2.24) is 10.2 Å². The van der Waals surface area contributed by atoms with Crippen LogP contribution in [0.2, 0.25) is 5.02 Å². The Hall–Kier alpha value is -1.10. The highest BCUT2D eigenvalue weighted by Gasteiger charge is 2.22. The van der Waals surface area contributed by atoms with Crippen LogP contribution in [0.1, 0.15) is 12.0 Å². The Morgan fingerprint density at radius 1 is 1.53 bits per heavy atom. The molecular formula is C14H19ClN2O2. The minimum atomic E-state index is 0.0146. The van der Waals surface area contributed by atoms with Gasteiger partial charge in [0.05, 0.1) is 6.61 Å². The van der Waals surface area contributed by atoms with E-state index in [-0.39, 0.29) is 18.6 Å². The first-order valence-corrected chi connectivity index (χ1v) is 6.84. The third kappa shape index (κ3) is 3.93. The Morgan fingerprint density at radius 2 is 2.32 bits per heavy atom. The smallest absolute Gasteiger partial charge is 0.248 e. The molecule has 5 heteroatoms. The van der Waals surface area contributed by atoms with Crippen molar-refractivity contribution in [3.05, 3.63) is 34.9 Å². The number of carbonyl (C=O) groups is 1. The Balaban J connectivity index is 1.76. The zero-order valence-corrected chi connectivity index (χ0v) is 11.8. The summed E-state index contributed by atoms with van der Waals surface area (Å²) in [5, 5.41) is 3.92. The van der Waals surface area contributed by atoms with Gasteiger partial charge in [-0.2, -0.15) is 0 Å². The molecule has 4 nitrogen and oxygen atoms in total. The van der Waals surface area contributed by atoms with Gasteiger partial charge in [0, 0.05) is 24.7 Å². The van der Waals surface area contributed by atoms with Crippen LogP contribution >= 0.6 is 11.6 Å². The maximum atomic E-state index is 11.9. The van der Waals surface area contributed by atoms with Gasteiger partial charge < -0.3 is 15.0 Å². The number of benzene rings is 1. The predicted octanol–water partition coefficient (Wildman–Crippen LogP) is 1.68. The highest BCUT2D eigenvalue weighted by Crippen LogP contribution is 2.15. The Labute approximate surface area is 118 Å². The Kier molecular flexibility index (Phi) is 5.19. The van der Waals surface area contributed by atoms with Gasteiger partial charge in [0.2, 0.25) is 5.91 Å². The molecule has 0 unspecified atom stereocenters. The quantitative estimate of drug-likeness (QED) is 0.893. The van der Waals surface area contributed by atoms with E-state index >= 15 is 0 Å². The molecule has 0 radical (unpaired) electrons. The molecule has 0 bridgehead atoms. The van der Waals surface area contributed by atoms with Gasteiger partial charge in [0.1, 0.15) is 6.61 Å². The normalized spacial score (nSPS) is 18.5. The fourth-order valence-electron chi connectivity index (χ4n) is 2.14. The van der Waals surface area contributed by atoms with Crippen molar-refractivity contribution in [2.24, 2.45) is 0 Å². The SMILES string of the molecule is CN(C(=O)COCc1ccccc1Cl)[C@@H]1CCNC1. The number of likely N-dealkylation sites (N-methyl/N-ethyl adjacent to an activating group) is 1. The van der Waals surface area contributed by atoms with Crippen molar-refractivity contribution in [3.8, 4) is 0 Å². The summed E-state index contributed by atoms with van der Waals surface area (Å²) in [5.41, 5.74) is 0.905. The fourth-order valence-corrected chi connectivity index (χ4v) is 2.33. The first kappa shape index (κ1) is 14.3. The number of nitrogens with zero attached hydrogens (tertiary/aromatic N) is 1. The minimum absolute atomic E-state index is 0.0146. The number of nitrogens with one attached hydrogen (secondary N) is 1. The number of rotatable bonds is 5. The van der Waals surface area contributed by atoms with Crippen molar-refractivity contribution in [2.75, 3.05) is 26.7 Å². The van der Waals surface area contributed by atoms with E-state index in [1.165, 1.54) is 0 Å². The van der Waals surface area contributed by atoms with Gasteiger partial charge in [-0.1, -0.05) is 29.8 Å². The standard InChI is InChI=1S/C14H19ClN2O2/c1-17(12-6-7-16-8-12)14(18)10-19-9-11-4-2-3-5-13(11)15/h2-5,12,16H,6-10H2,1H3/t12-/m1/s1. The molecule has 1 aliphatic rings. The lowest BCUT2D eigenvalue weighted by Gasteiger charge is -2.23. The maximum Gasteiger partial charge on any atom is 0.248 e. The van der Waals surface area contributed by atoms with Crippen LogP contribution in [-0.4, -0.2) is 43.6 Å². The van der Waals surface area contributed by atoms with Gasteiger partial charge in [-0.3, -0.25) is 4.79 Å². The first-order chi connectivity index (χ1) is 9.18. The second-order valence-corrected chi connectivity index (χ2v) is 5.14. The molecule has 2 rings (SSSR count). The maximum absolute atomic E-state index is 11.9. The van der Waals surface area contributed by atoms with Gasteiger partial charge in [0.25, 0.3) is 0 Å². The van der Waals surface area contributed by atoms with Crippen LogP contribution in [0.4, 0.5) is 0 Å². The summed E-state index contributed by atoms with van der Waals surface area (Å²) in [7, 11) is 1.83. The van der Waals surface area contributed by atoms with Crippen molar-refractivity contribution in [1.29, 1.82) is 0 Å². The summed E-state index contributed by atoms with van der Waals surface area (Å²) in [5.74, 6) is 0.0146. The van der Waals surface area contributed by atoms with E-state index in [1.54, 1.807) is 4.90 Å². The zero-order chi connectivity index (χ0) is 13.7. The topological polar surface area (TPSA) is 41.6 Å². The summed E-state index contributed by atoms with van der Waals surface area (Å²) in [6.07, 6.45) is 1.01. The lowest BCUT2D eigenvalue weighted by molar-refractivity contribution is -0.137. The van der Waals surface area contributed by atoms with E-state index in [4.69, 9.17) is 16.3 Å². The summed E-state index contributed by atoms with van der Waals surface area (Å²) >= 11 is 6.02. The van der Waals surface area contributed by atoms with Crippen molar-refractivity contribution in [2.45, 2.75) is 19.1 Å². The Morgan fingerprint density at radius 3 is 3.00 bits per heavy atom.